The maximum Gasteiger partial charge on any atom is 0.127 e. The van der Waals surface area contributed by atoms with Gasteiger partial charge in [-0.05, 0) is 34.5 Å². The number of rotatable bonds is 6. The zero-order valence-corrected chi connectivity index (χ0v) is 10.2. The SMILES string of the molecule is COCC(CCO)Nc1cccc(Br)n1. The summed E-state index contributed by atoms with van der Waals surface area (Å²) in [5, 5.41) is 12.1. The number of nitrogens with one attached hydrogen (secondary N) is 1. The van der Waals surface area contributed by atoms with Crippen LogP contribution in [0.3, 0.4) is 0 Å². The number of ether oxygens (including phenoxy) is 1. The highest BCUT2D eigenvalue weighted by Crippen LogP contribution is 2.11. The highest BCUT2D eigenvalue weighted by molar-refractivity contribution is 9.10. The minimum Gasteiger partial charge on any atom is -0.396 e. The summed E-state index contributed by atoms with van der Waals surface area (Å²) in [6.45, 7) is 0.684. The molecule has 1 rings (SSSR count). The van der Waals surface area contributed by atoms with Crippen molar-refractivity contribution in [2.45, 2.75) is 12.5 Å². The van der Waals surface area contributed by atoms with Gasteiger partial charge in [-0.15, -0.1) is 0 Å². The molecular weight excluding hydrogens is 260 g/mol. The Kier molecular flexibility index (Phi) is 5.60. The molecule has 0 aromatic carbocycles. The second-order valence-electron chi connectivity index (χ2n) is 3.15. The second kappa shape index (κ2) is 6.76. The minimum absolute atomic E-state index is 0.0850. The second-order valence-corrected chi connectivity index (χ2v) is 3.97. The fraction of sp³-hybridized carbons (Fsp3) is 0.500. The minimum atomic E-state index is 0.0850. The molecule has 0 aliphatic rings. The standard InChI is InChI=1S/C10H15BrN2O2/c1-15-7-8(5-6-14)12-10-4-2-3-9(11)13-10/h2-4,8,14H,5-7H2,1H3,(H,12,13). The Morgan fingerprint density at radius 2 is 2.40 bits per heavy atom. The van der Waals surface area contributed by atoms with E-state index < -0.39 is 0 Å². The maximum absolute atomic E-state index is 8.87. The molecule has 0 fully saturated rings. The normalized spacial score (nSPS) is 12.5. The fourth-order valence-electron chi connectivity index (χ4n) is 1.25. The number of hydrogen-bond donors (Lipinski definition) is 2. The third kappa shape index (κ3) is 4.59. The van der Waals surface area contributed by atoms with E-state index in [1.807, 2.05) is 18.2 Å². The number of pyridine rings is 1. The summed E-state index contributed by atoms with van der Waals surface area (Å²) < 4.78 is 5.83. The summed E-state index contributed by atoms with van der Waals surface area (Å²) in [6, 6.07) is 5.73. The lowest BCUT2D eigenvalue weighted by molar-refractivity contribution is 0.170. The molecule has 2 N–H and O–H groups in total. The molecule has 0 spiro atoms. The van der Waals surface area contributed by atoms with Gasteiger partial charge in [-0.1, -0.05) is 6.07 Å². The van der Waals surface area contributed by atoms with E-state index in [1.54, 1.807) is 7.11 Å². The van der Waals surface area contributed by atoms with Crippen molar-refractivity contribution in [1.29, 1.82) is 0 Å². The Morgan fingerprint density at radius 1 is 1.60 bits per heavy atom. The molecule has 84 valence electrons. The molecule has 1 unspecified atom stereocenters. The predicted octanol–water partition coefficient (Wildman–Crippen LogP) is 1.65. The first kappa shape index (κ1) is 12.4. The Labute approximate surface area is 97.8 Å². The quantitative estimate of drug-likeness (QED) is 0.775. The summed E-state index contributed by atoms with van der Waals surface area (Å²) in [4.78, 5) is 4.25. The van der Waals surface area contributed by atoms with Gasteiger partial charge < -0.3 is 15.2 Å². The molecule has 0 saturated carbocycles. The Hall–Kier alpha value is -0.650. The molecule has 15 heavy (non-hydrogen) atoms. The summed E-state index contributed by atoms with van der Waals surface area (Å²) >= 11 is 3.30. The first-order valence-electron chi connectivity index (χ1n) is 4.75. The lowest BCUT2D eigenvalue weighted by Crippen LogP contribution is -2.26. The van der Waals surface area contributed by atoms with Crippen molar-refractivity contribution in [3.8, 4) is 0 Å². The molecule has 4 nitrogen and oxygen atoms in total. The van der Waals surface area contributed by atoms with Gasteiger partial charge >= 0.3 is 0 Å². The number of halogens is 1. The van der Waals surface area contributed by atoms with Crippen LogP contribution >= 0.6 is 15.9 Å². The number of nitrogens with zero attached hydrogens (tertiary/aromatic N) is 1. The van der Waals surface area contributed by atoms with Crippen molar-refractivity contribution in [2.24, 2.45) is 0 Å². The average molecular weight is 275 g/mol. The molecule has 0 aliphatic heterocycles. The van der Waals surface area contributed by atoms with Crippen LogP contribution in [0.15, 0.2) is 22.8 Å². The Balaban J connectivity index is 2.56. The highest BCUT2D eigenvalue weighted by atomic mass is 79.9. The van der Waals surface area contributed by atoms with Gasteiger partial charge in [0.1, 0.15) is 10.4 Å². The molecule has 0 aliphatic carbocycles. The van der Waals surface area contributed by atoms with Crippen LogP contribution in [0, 0.1) is 0 Å². The van der Waals surface area contributed by atoms with E-state index in [1.165, 1.54) is 0 Å². The van der Waals surface area contributed by atoms with Gasteiger partial charge in [0.05, 0.1) is 12.6 Å². The number of anilines is 1. The first-order chi connectivity index (χ1) is 7.26. The molecule has 1 heterocycles. The van der Waals surface area contributed by atoms with E-state index in [2.05, 4.69) is 26.2 Å². The van der Waals surface area contributed by atoms with Crippen molar-refractivity contribution in [3.63, 3.8) is 0 Å². The van der Waals surface area contributed by atoms with Crippen molar-refractivity contribution in [2.75, 3.05) is 25.6 Å². The number of aliphatic hydroxyl groups is 1. The van der Waals surface area contributed by atoms with E-state index in [0.29, 0.717) is 13.0 Å². The molecule has 1 atom stereocenters. The molecule has 0 saturated heterocycles. The van der Waals surface area contributed by atoms with Crippen molar-refractivity contribution in [3.05, 3.63) is 22.8 Å². The third-order valence-corrected chi connectivity index (χ3v) is 2.35. The zero-order valence-electron chi connectivity index (χ0n) is 8.61. The highest BCUT2D eigenvalue weighted by Gasteiger charge is 2.08. The van der Waals surface area contributed by atoms with Crippen LogP contribution in [-0.4, -0.2) is 36.5 Å². The third-order valence-electron chi connectivity index (χ3n) is 1.91. The lowest BCUT2D eigenvalue weighted by Gasteiger charge is -2.17. The van der Waals surface area contributed by atoms with Gasteiger partial charge in [-0.25, -0.2) is 4.98 Å². The van der Waals surface area contributed by atoms with Gasteiger partial charge in [0.2, 0.25) is 0 Å². The van der Waals surface area contributed by atoms with Crippen molar-refractivity contribution < 1.29 is 9.84 Å². The monoisotopic (exact) mass is 274 g/mol. The lowest BCUT2D eigenvalue weighted by atomic mass is 10.2. The van der Waals surface area contributed by atoms with E-state index in [0.717, 1.165) is 10.4 Å². The summed E-state index contributed by atoms with van der Waals surface area (Å²) in [7, 11) is 1.64. The van der Waals surface area contributed by atoms with Crippen LogP contribution in [0.4, 0.5) is 5.82 Å². The molecule has 1 aromatic heterocycles. The summed E-state index contributed by atoms with van der Waals surface area (Å²) in [5.74, 6) is 0.778. The smallest absolute Gasteiger partial charge is 0.127 e. The van der Waals surface area contributed by atoms with Crippen LogP contribution in [-0.2, 0) is 4.74 Å². The number of aromatic nitrogens is 1. The van der Waals surface area contributed by atoms with E-state index in [4.69, 9.17) is 9.84 Å². The Morgan fingerprint density at radius 3 is 3.00 bits per heavy atom. The first-order valence-corrected chi connectivity index (χ1v) is 5.54. The van der Waals surface area contributed by atoms with Crippen LogP contribution in [0.1, 0.15) is 6.42 Å². The van der Waals surface area contributed by atoms with Crippen molar-refractivity contribution >= 4 is 21.7 Å². The van der Waals surface area contributed by atoms with Crippen LogP contribution < -0.4 is 5.32 Å². The van der Waals surface area contributed by atoms with Gasteiger partial charge in [0.15, 0.2) is 0 Å². The van der Waals surface area contributed by atoms with Gasteiger partial charge in [0, 0.05) is 13.7 Å². The number of aliphatic hydroxyl groups excluding tert-OH is 1. The van der Waals surface area contributed by atoms with E-state index >= 15 is 0 Å². The fourth-order valence-corrected chi connectivity index (χ4v) is 1.60. The van der Waals surface area contributed by atoms with Gasteiger partial charge in [0.25, 0.3) is 0 Å². The van der Waals surface area contributed by atoms with Gasteiger partial charge in [-0.2, -0.15) is 0 Å². The van der Waals surface area contributed by atoms with Gasteiger partial charge in [-0.3, -0.25) is 0 Å². The van der Waals surface area contributed by atoms with Crippen molar-refractivity contribution in [1.82, 2.24) is 4.98 Å². The zero-order chi connectivity index (χ0) is 11.1. The summed E-state index contributed by atoms with van der Waals surface area (Å²) in [5.41, 5.74) is 0. The molecule has 0 radical (unpaired) electrons. The topological polar surface area (TPSA) is 54.4 Å². The predicted molar refractivity (Wildman–Crippen MR) is 62.9 cm³/mol. The molecule has 0 bridgehead atoms. The van der Waals surface area contributed by atoms with E-state index in [-0.39, 0.29) is 12.6 Å². The average Bonchev–Trinajstić information content (AvgIpc) is 2.18. The van der Waals surface area contributed by atoms with Crippen LogP contribution in [0.2, 0.25) is 0 Å². The summed E-state index contributed by atoms with van der Waals surface area (Å²) in [6.07, 6.45) is 0.641. The largest absolute Gasteiger partial charge is 0.396 e. The number of methoxy groups -OCH3 is 1. The molecule has 0 amide bonds. The van der Waals surface area contributed by atoms with Crippen LogP contribution in [0.25, 0.3) is 0 Å². The van der Waals surface area contributed by atoms with Crippen LogP contribution in [0.5, 0.6) is 0 Å². The van der Waals surface area contributed by atoms with E-state index in [9.17, 15) is 0 Å². The Bertz CT molecular complexity index is 291. The number of hydrogen-bond acceptors (Lipinski definition) is 4. The maximum atomic E-state index is 8.87. The molecule has 1 aromatic rings. The molecule has 5 heteroatoms. The molecular formula is C10H15BrN2O2.